The lowest BCUT2D eigenvalue weighted by Gasteiger charge is -2.20. The van der Waals surface area contributed by atoms with E-state index in [1.165, 1.54) is 18.2 Å². The molecule has 1 rings (SSSR count). The Balaban J connectivity index is 2.94. The molecule has 5 nitrogen and oxygen atoms in total. The minimum Gasteiger partial charge on any atom is -0.450 e. The Labute approximate surface area is 113 Å². The summed E-state index contributed by atoms with van der Waals surface area (Å²) >= 11 is 0. The van der Waals surface area contributed by atoms with Crippen molar-refractivity contribution in [3.05, 3.63) is 29.8 Å². The highest BCUT2D eigenvalue weighted by molar-refractivity contribution is 5.68. The van der Waals surface area contributed by atoms with E-state index in [2.05, 4.69) is 14.8 Å². The first-order chi connectivity index (χ1) is 9.37. The third-order valence-electron chi connectivity index (χ3n) is 2.32. The molecule has 0 heterocycles. The first-order valence-electron chi connectivity index (χ1n) is 5.85. The van der Waals surface area contributed by atoms with Gasteiger partial charge in [0.2, 0.25) is 0 Å². The van der Waals surface area contributed by atoms with Crippen LogP contribution >= 0.6 is 0 Å². The summed E-state index contributed by atoms with van der Waals surface area (Å²) in [6.45, 7) is 1.65. The number of alkyl carbamates (subject to hydrolysis) is 1. The molecule has 0 spiro atoms. The Morgan fingerprint density at radius 1 is 1.40 bits per heavy atom. The molecule has 1 atom stereocenters. The average Bonchev–Trinajstić information content (AvgIpc) is 2.35. The van der Waals surface area contributed by atoms with Crippen molar-refractivity contribution in [1.82, 2.24) is 5.32 Å². The maximum Gasteiger partial charge on any atom is 0.573 e. The maximum absolute atomic E-state index is 12.3. The van der Waals surface area contributed by atoms with E-state index in [9.17, 15) is 18.0 Å². The molecular formula is C12H15F3N2O3. The monoisotopic (exact) mass is 292 g/mol. The highest BCUT2D eigenvalue weighted by atomic mass is 19.4. The van der Waals surface area contributed by atoms with E-state index in [4.69, 9.17) is 5.73 Å². The first kappa shape index (κ1) is 16.1. The van der Waals surface area contributed by atoms with Crippen molar-refractivity contribution in [3.8, 4) is 5.75 Å². The van der Waals surface area contributed by atoms with Gasteiger partial charge in [-0.1, -0.05) is 18.2 Å². The van der Waals surface area contributed by atoms with Crippen molar-refractivity contribution in [3.63, 3.8) is 0 Å². The molecule has 3 N–H and O–H groups in total. The van der Waals surface area contributed by atoms with Crippen LogP contribution in [0.1, 0.15) is 18.5 Å². The van der Waals surface area contributed by atoms with Gasteiger partial charge in [-0.3, -0.25) is 0 Å². The molecule has 1 aromatic rings. The molecule has 0 radical (unpaired) electrons. The van der Waals surface area contributed by atoms with Gasteiger partial charge in [-0.05, 0) is 13.0 Å². The number of nitrogens with one attached hydrogen (secondary N) is 1. The van der Waals surface area contributed by atoms with E-state index >= 15 is 0 Å². The first-order valence-corrected chi connectivity index (χ1v) is 5.85. The van der Waals surface area contributed by atoms with Crippen molar-refractivity contribution in [2.75, 3.05) is 13.2 Å². The summed E-state index contributed by atoms with van der Waals surface area (Å²) in [4.78, 5) is 11.3. The molecule has 0 bridgehead atoms. The van der Waals surface area contributed by atoms with Crippen LogP contribution in [0.25, 0.3) is 0 Å². The molecule has 1 unspecified atom stereocenters. The Morgan fingerprint density at radius 3 is 2.60 bits per heavy atom. The van der Waals surface area contributed by atoms with Crippen molar-refractivity contribution < 1.29 is 27.4 Å². The fourth-order valence-electron chi connectivity index (χ4n) is 1.56. The summed E-state index contributed by atoms with van der Waals surface area (Å²) in [6, 6.07) is 4.62. The van der Waals surface area contributed by atoms with Gasteiger partial charge in [0.25, 0.3) is 0 Å². The van der Waals surface area contributed by atoms with Crippen molar-refractivity contribution >= 4 is 6.09 Å². The number of carbonyl (C=O) groups is 1. The third-order valence-corrected chi connectivity index (χ3v) is 2.32. The Bertz CT molecular complexity index is 452. The number of benzene rings is 1. The standard InChI is InChI=1S/C12H15F3N2O3/c1-2-19-11(18)17-9(7-16)8-5-3-4-6-10(8)20-12(13,14)15/h3-6,9H,2,7,16H2,1H3,(H,17,18). The summed E-state index contributed by atoms with van der Waals surface area (Å²) in [5, 5.41) is 2.38. The lowest BCUT2D eigenvalue weighted by Crippen LogP contribution is -2.34. The molecule has 0 fully saturated rings. The smallest absolute Gasteiger partial charge is 0.450 e. The van der Waals surface area contributed by atoms with Crippen LogP contribution in [0.2, 0.25) is 0 Å². The largest absolute Gasteiger partial charge is 0.573 e. The fraction of sp³-hybridized carbons (Fsp3) is 0.417. The van der Waals surface area contributed by atoms with Gasteiger partial charge in [-0.2, -0.15) is 0 Å². The molecule has 0 aliphatic heterocycles. The SMILES string of the molecule is CCOC(=O)NC(CN)c1ccccc1OC(F)(F)F. The van der Waals surface area contributed by atoms with Crippen LogP contribution in [-0.2, 0) is 4.74 Å². The van der Waals surface area contributed by atoms with Gasteiger partial charge in [0.05, 0.1) is 12.6 Å². The molecule has 0 aliphatic carbocycles. The van der Waals surface area contributed by atoms with E-state index < -0.39 is 24.2 Å². The number of para-hydroxylation sites is 1. The summed E-state index contributed by atoms with van der Waals surface area (Å²) in [5.74, 6) is -0.410. The number of nitrogens with two attached hydrogens (primary N) is 1. The second-order valence-electron chi connectivity index (χ2n) is 3.74. The summed E-state index contributed by atoms with van der Waals surface area (Å²) in [6.07, 6.45) is -5.58. The topological polar surface area (TPSA) is 73.6 Å². The van der Waals surface area contributed by atoms with E-state index in [1.807, 2.05) is 0 Å². The highest BCUT2D eigenvalue weighted by Crippen LogP contribution is 2.29. The van der Waals surface area contributed by atoms with Gasteiger partial charge >= 0.3 is 12.5 Å². The molecular weight excluding hydrogens is 277 g/mol. The normalized spacial score (nSPS) is 12.7. The van der Waals surface area contributed by atoms with Crippen LogP contribution in [0.15, 0.2) is 24.3 Å². The zero-order chi connectivity index (χ0) is 15.2. The zero-order valence-electron chi connectivity index (χ0n) is 10.7. The summed E-state index contributed by atoms with van der Waals surface area (Å²) in [5.41, 5.74) is 5.60. The van der Waals surface area contributed by atoms with Crippen LogP contribution < -0.4 is 15.8 Å². The number of alkyl halides is 3. The lowest BCUT2D eigenvalue weighted by atomic mass is 10.1. The number of hydrogen-bond acceptors (Lipinski definition) is 4. The minimum absolute atomic E-state index is 0.100. The van der Waals surface area contributed by atoms with E-state index in [0.717, 1.165) is 6.07 Å². The van der Waals surface area contributed by atoms with Gasteiger partial charge in [0, 0.05) is 12.1 Å². The van der Waals surface area contributed by atoms with Gasteiger partial charge < -0.3 is 20.5 Å². The van der Waals surface area contributed by atoms with Crippen molar-refractivity contribution in [2.45, 2.75) is 19.3 Å². The number of halogens is 3. The van der Waals surface area contributed by atoms with E-state index in [0.29, 0.717) is 0 Å². The molecule has 0 aliphatic rings. The van der Waals surface area contributed by atoms with E-state index in [1.54, 1.807) is 6.92 Å². The maximum atomic E-state index is 12.3. The van der Waals surface area contributed by atoms with Crippen LogP contribution in [0.5, 0.6) is 5.75 Å². The Hall–Kier alpha value is -1.96. The van der Waals surface area contributed by atoms with Gasteiger partial charge in [-0.25, -0.2) is 4.79 Å². The number of carbonyl (C=O) groups excluding carboxylic acids is 1. The minimum atomic E-state index is -4.82. The van der Waals surface area contributed by atoms with E-state index in [-0.39, 0.29) is 18.7 Å². The second kappa shape index (κ2) is 6.99. The molecule has 0 aromatic heterocycles. The predicted molar refractivity (Wildman–Crippen MR) is 65.1 cm³/mol. The quantitative estimate of drug-likeness (QED) is 0.873. The zero-order valence-corrected chi connectivity index (χ0v) is 10.7. The van der Waals surface area contributed by atoms with Crippen LogP contribution in [0.3, 0.4) is 0 Å². The van der Waals surface area contributed by atoms with Gasteiger partial charge in [-0.15, -0.1) is 13.2 Å². The number of ether oxygens (including phenoxy) is 2. The van der Waals surface area contributed by atoms with Crippen molar-refractivity contribution in [1.29, 1.82) is 0 Å². The number of amides is 1. The predicted octanol–water partition coefficient (Wildman–Crippen LogP) is 2.33. The summed E-state index contributed by atoms with van der Waals surface area (Å²) in [7, 11) is 0. The third kappa shape index (κ3) is 4.96. The molecule has 0 saturated heterocycles. The molecule has 20 heavy (non-hydrogen) atoms. The van der Waals surface area contributed by atoms with Crippen molar-refractivity contribution in [2.24, 2.45) is 5.73 Å². The average molecular weight is 292 g/mol. The Morgan fingerprint density at radius 2 is 2.05 bits per heavy atom. The lowest BCUT2D eigenvalue weighted by molar-refractivity contribution is -0.275. The number of hydrogen-bond donors (Lipinski definition) is 2. The Kier molecular flexibility index (Phi) is 5.63. The molecule has 8 heteroatoms. The van der Waals surface area contributed by atoms with Gasteiger partial charge in [0.15, 0.2) is 0 Å². The van der Waals surface area contributed by atoms with Crippen LogP contribution in [0.4, 0.5) is 18.0 Å². The summed E-state index contributed by atoms with van der Waals surface area (Å²) < 4.78 is 45.5. The molecule has 112 valence electrons. The highest BCUT2D eigenvalue weighted by Gasteiger charge is 2.33. The molecule has 1 amide bonds. The van der Waals surface area contributed by atoms with Crippen LogP contribution in [0, 0.1) is 0 Å². The fourth-order valence-corrected chi connectivity index (χ4v) is 1.56. The van der Waals surface area contributed by atoms with Gasteiger partial charge in [0.1, 0.15) is 5.75 Å². The van der Waals surface area contributed by atoms with Crippen LogP contribution in [-0.4, -0.2) is 25.6 Å². The molecule has 0 saturated carbocycles. The second-order valence-corrected chi connectivity index (χ2v) is 3.74. The molecule has 1 aromatic carbocycles. The number of rotatable bonds is 5.